The highest BCUT2D eigenvalue weighted by Gasteiger charge is 2.50. The first-order valence-electron chi connectivity index (χ1n) is 16.3. The van der Waals surface area contributed by atoms with Crippen molar-refractivity contribution in [2.75, 3.05) is 0 Å². The van der Waals surface area contributed by atoms with Crippen molar-refractivity contribution in [2.24, 2.45) is 0 Å². The average molecular weight is 732 g/mol. The molecule has 0 fully saturated rings. The van der Waals surface area contributed by atoms with Gasteiger partial charge in [-0.05, 0) is 59.4 Å². The van der Waals surface area contributed by atoms with Crippen LogP contribution >= 0.6 is 15.2 Å². The van der Waals surface area contributed by atoms with Crippen molar-refractivity contribution >= 4 is 31.5 Å². The van der Waals surface area contributed by atoms with Gasteiger partial charge < -0.3 is 19.2 Å². The average Bonchev–Trinajstić information content (AvgIpc) is 3.56. The third kappa shape index (κ3) is 7.37. The van der Waals surface area contributed by atoms with Gasteiger partial charge in [0.25, 0.3) is 0 Å². The molecule has 1 heterocycles. The van der Waals surface area contributed by atoms with Crippen LogP contribution in [-0.4, -0.2) is 35.8 Å². The van der Waals surface area contributed by atoms with Crippen molar-refractivity contribution in [2.45, 2.75) is 50.4 Å². The molecule has 9 nitrogen and oxygen atoms in total. The van der Waals surface area contributed by atoms with Gasteiger partial charge in [0.1, 0.15) is 5.52 Å². The SMILES string of the molecule is CCC(C)OP(=O)(O)c1cc(-c2ccccc2)ccc1CC(Cc1ccc(C(F)(F)P(=O)(O)O)cc1)(c1ccccc1)n1nnc2ccccc21. The van der Waals surface area contributed by atoms with Crippen LogP contribution in [0.1, 0.15) is 42.5 Å². The molecule has 264 valence electrons. The lowest BCUT2D eigenvalue weighted by Gasteiger charge is -2.36. The van der Waals surface area contributed by atoms with E-state index in [1.807, 2.05) is 97.9 Å². The van der Waals surface area contributed by atoms with Crippen LogP contribution in [-0.2, 0) is 37.7 Å². The van der Waals surface area contributed by atoms with Crippen LogP contribution < -0.4 is 5.30 Å². The predicted molar refractivity (Wildman–Crippen MR) is 193 cm³/mol. The van der Waals surface area contributed by atoms with Gasteiger partial charge in [-0.25, -0.2) is 4.68 Å². The van der Waals surface area contributed by atoms with E-state index in [1.165, 1.54) is 12.1 Å². The Morgan fingerprint density at radius 3 is 2.04 bits per heavy atom. The Morgan fingerprint density at radius 1 is 0.765 bits per heavy atom. The summed E-state index contributed by atoms with van der Waals surface area (Å²) in [5.74, 6) is 0. The van der Waals surface area contributed by atoms with Crippen LogP contribution in [0.25, 0.3) is 22.2 Å². The predicted octanol–water partition coefficient (Wildman–Crippen LogP) is 8.18. The number of hydrogen-bond acceptors (Lipinski definition) is 5. The molecule has 0 aliphatic rings. The molecule has 13 heteroatoms. The normalized spacial score (nSPS) is 15.3. The van der Waals surface area contributed by atoms with Gasteiger partial charge >= 0.3 is 20.9 Å². The van der Waals surface area contributed by atoms with Crippen molar-refractivity contribution in [3.05, 3.63) is 150 Å². The van der Waals surface area contributed by atoms with E-state index in [1.54, 1.807) is 23.7 Å². The van der Waals surface area contributed by atoms with Crippen LogP contribution in [0.3, 0.4) is 0 Å². The Morgan fingerprint density at radius 2 is 1.39 bits per heavy atom. The molecule has 1 aromatic heterocycles. The number of aromatic nitrogens is 3. The molecule has 0 aliphatic heterocycles. The lowest BCUT2D eigenvalue weighted by atomic mass is 9.78. The summed E-state index contributed by atoms with van der Waals surface area (Å²) in [5, 5.41) is 9.18. The standard InChI is InChI=1S/C38H37F2N3O6P2/c1-3-27(2)49-50(44,45)36-24-30(29-12-6-4-7-13-29)20-21-31(36)26-37(32-14-8-5-9-15-32,43-35-17-11-10-16-34(35)41-42-43)25-28-18-22-33(23-19-28)38(39,40)51(46,47)48/h4-24,27H,3,25-26H2,1-2H3,(H,44,45)(H2,46,47,48). The minimum atomic E-state index is -5.79. The fourth-order valence-corrected chi connectivity index (χ4v) is 8.33. The zero-order valence-electron chi connectivity index (χ0n) is 27.9. The summed E-state index contributed by atoms with van der Waals surface area (Å²) in [7, 11) is -10.2. The first-order chi connectivity index (χ1) is 24.2. The third-order valence-electron chi connectivity index (χ3n) is 9.11. The van der Waals surface area contributed by atoms with E-state index >= 15 is 0 Å². The molecule has 0 saturated carbocycles. The molecule has 0 radical (unpaired) electrons. The monoisotopic (exact) mass is 731 g/mol. The lowest BCUT2D eigenvalue weighted by Crippen LogP contribution is -2.42. The summed E-state index contributed by atoms with van der Waals surface area (Å²) >= 11 is 0. The quantitative estimate of drug-likeness (QED) is 0.101. The van der Waals surface area contributed by atoms with Gasteiger partial charge in [-0.15, -0.1) is 5.10 Å². The van der Waals surface area contributed by atoms with Gasteiger partial charge in [0.05, 0.1) is 22.5 Å². The van der Waals surface area contributed by atoms with Crippen LogP contribution in [0, 0.1) is 0 Å². The number of rotatable bonds is 13. The Labute approximate surface area is 294 Å². The van der Waals surface area contributed by atoms with Gasteiger partial charge in [0, 0.05) is 18.4 Å². The second-order valence-electron chi connectivity index (χ2n) is 12.6. The molecule has 6 aromatic rings. The molecule has 51 heavy (non-hydrogen) atoms. The van der Waals surface area contributed by atoms with E-state index in [2.05, 4.69) is 10.3 Å². The van der Waals surface area contributed by atoms with E-state index < -0.39 is 38.1 Å². The molecular weight excluding hydrogens is 694 g/mol. The molecule has 6 rings (SSSR count). The summed E-state index contributed by atoms with van der Waals surface area (Å²) < 4.78 is 62.8. The van der Waals surface area contributed by atoms with Gasteiger partial charge in [-0.3, -0.25) is 9.13 Å². The van der Waals surface area contributed by atoms with Crippen molar-refractivity contribution < 1.29 is 37.1 Å². The van der Waals surface area contributed by atoms with Crippen LogP contribution in [0.15, 0.2) is 127 Å². The maximum Gasteiger partial charge on any atom is 0.399 e. The summed E-state index contributed by atoms with van der Waals surface area (Å²) in [6.07, 6.45) is 0.197. The summed E-state index contributed by atoms with van der Waals surface area (Å²) in [5.41, 5.74) is -1.77. The number of alkyl halides is 2. The molecule has 3 atom stereocenters. The first kappa shape index (κ1) is 36.5. The Balaban J connectivity index is 1.59. The molecule has 3 unspecified atom stereocenters. The van der Waals surface area contributed by atoms with E-state index in [0.717, 1.165) is 28.8 Å². The Kier molecular flexibility index (Phi) is 10.3. The molecule has 0 aliphatic carbocycles. The third-order valence-corrected chi connectivity index (χ3v) is 11.8. The number of nitrogens with zero attached hydrogens (tertiary/aromatic N) is 3. The fraction of sp³-hybridized carbons (Fsp3) is 0.211. The fourth-order valence-electron chi connectivity index (χ4n) is 6.28. The van der Waals surface area contributed by atoms with Crippen molar-refractivity contribution in [1.82, 2.24) is 15.0 Å². The van der Waals surface area contributed by atoms with Crippen molar-refractivity contribution in [3.63, 3.8) is 0 Å². The highest BCUT2D eigenvalue weighted by atomic mass is 31.2. The van der Waals surface area contributed by atoms with E-state index in [4.69, 9.17) is 4.52 Å². The second kappa shape index (κ2) is 14.4. The minimum Gasteiger partial charge on any atom is -0.321 e. The molecule has 0 saturated heterocycles. The van der Waals surface area contributed by atoms with E-state index in [0.29, 0.717) is 28.6 Å². The molecule has 5 aromatic carbocycles. The molecule has 3 N–H and O–H groups in total. The molecule has 0 amide bonds. The number of hydrogen-bond donors (Lipinski definition) is 3. The summed E-state index contributed by atoms with van der Waals surface area (Å²) in [6.45, 7) is 3.60. The smallest absolute Gasteiger partial charge is 0.321 e. The lowest BCUT2D eigenvalue weighted by molar-refractivity contribution is 0.0564. The molecule has 0 bridgehead atoms. The van der Waals surface area contributed by atoms with Crippen molar-refractivity contribution in [3.8, 4) is 11.1 Å². The van der Waals surface area contributed by atoms with Gasteiger partial charge in [0.15, 0.2) is 0 Å². The zero-order chi connectivity index (χ0) is 36.4. The summed E-state index contributed by atoms with van der Waals surface area (Å²) in [4.78, 5) is 30.3. The Bertz CT molecular complexity index is 2230. The topological polar surface area (TPSA) is 135 Å². The second-order valence-corrected chi connectivity index (χ2v) is 16.0. The minimum absolute atomic E-state index is 0.0869. The van der Waals surface area contributed by atoms with Crippen molar-refractivity contribution in [1.29, 1.82) is 0 Å². The Hall–Kier alpha value is -4.34. The maximum absolute atomic E-state index is 14.7. The maximum atomic E-state index is 14.7. The molecule has 0 spiro atoms. The highest BCUT2D eigenvalue weighted by Crippen LogP contribution is 2.59. The number of halogens is 2. The van der Waals surface area contributed by atoms with Gasteiger partial charge in [0.2, 0.25) is 0 Å². The molecular formula is C38H37F2N3O6P2. The zero-order valence-corrected chi connectivity index (χ0v) is 29.7. The van der Waals surface area contributed by atoms with Crippen LogP contribution in [0.5, 0.6) is 0 Å². The van der Waals surface area contributed by atoms with Crippen LogP contribution in [0.2, 0.25) is 0 Å². The van der Waals surface area contributed by atoms with Crippen LogP contribution in [0.4, 0.5) is 8.78 Å². The number of para-hydroxylation sites is 1. The number of benzene rings is 5. The highest BCUT2D eigenvalue weighted by molar-refractivity contribution is 7.61. The largest absolute Gasteiger partial charge is 0.399 e. The van der Waals surface area contributed by atoms with E-state index in [-0.39, 0.29) is 18.1 Å². The number of fused-ring (bicyclic) bond motifs is 1. The summed E-state index contributed by atoms with van der Waals surface area (Å²) in [6, 6.07) is 36.4. The van der Waals surface area contributed by atoms with Gasteiger partial charge in [-0.2, -0.15) is 8.78 Å². The van der Waals surface area contributed by atoms with Gasteiger partial charge in [-0.1, -0.05) is 121 Å². The first-order valence-corrected chi connectivity index (χ1v) is 19.5. The van der Waals surface area contributed by atoms with E-state index in [9.17, 15) is 32.6 Å².